The van der Waals surface area contributed by atoms with Gasteiger partial charge in [0.15, 0.2) is 0 Å². The predicted octanol–water partition coefficient (Wildman–Crippen LogP) is 1.27. The van der Waals surface area contributed by atoms with E-state index >= 15 is 0 Å². The smallest absolute Gasteiger partial charge is 0.270 e. The molecule has 1 aromatic rings. The van der Waals surface area contributed by atoms with Crippen molar-refractivity contribution in [2.24, 2.45) is 11.7 Å². The Kier molecular flexibility index (Phi) is 4.54. The highest BCUT2D eigenvalue weighted by molar-refractivity contribution is 7.09. The molecule has 0 spiro atoms. The van der Waals surface area contributed by atoms with Crippen molar-refractivity contribution in [1.29, 1.82) is 0 Å². The fourth-order valence-corrected chi connectivity index (χ4v) is 3.29. The summed E-state index contributed by atoms with van der Waals surface area (Å²) >= 11 is 1.38. The van der Waals surface area contributed by atoms with Crippen molar-refractivity contribution in [3.05, 3.63) is 16.1 Å². The minimum atomic E-state index is -0.764. The highest BCUT2D eigenvalue weighted by atomic mass is 32.1. The van der Waals surface area contributed by atoms with Crippen molar-refractivity contribution in [2.75, 3.05) is 6.54 Å². The van der Waals surface area contributed by atoms with Gasteiger partial charge in [0.2, 0.25) is 0 Å². The molecule has 0 radical (unpaired) electrons. The van der Waals surface area contributed by atoms with Crippen LogP contribution >= 0.6 is 11.3 Å². The van der Waals surface area contributed by atoms with Gasteiger partial charge < -0.3 is 16.2 Å². The molecule has 0 bridgehead atoms. The molecule has 1 aliphatic carbocycles. The van der Waals surface area contributed by atoms with Gasteiger partial charge in [-0.05, 0) is 18.8 Å². The van der Waals surface area contributed by atoms with Crippen LogP contribution in [0.2, 0.25) is 0 Å². The fraction of sp³-hybridized carbons (Fsp3) is 0.692. The van der Waals surface area contributed by atoms with Crippen LogP contribution in [0, 0.1) is 5.92 Å². The van der Waals surface area contributed by atoms with Gasteiger partial charge in [0.1, 0.15) is 10.7 Å². The van der Waals surface area contributed by atoms with E-state index in [0.29, 0.717) is 24.7 Å². The molecule has 1 aromatic heterocycles. The van der Waals surface area contributed by atoms with E-state index in [1.807, 2.05) is 0 Å². The molecular formula is C13H21N3O2S. The molecule has 6 heteroatoms. The van der Waals surface area contributed by atoms with Crippen molar-refractivity contribution >= 4 is 17.2 Å². The molecule has 0 aromatic carbocycles. The van der Waals surface area contributed by atoms with Crippen LogP contribution in [0.1, 0.15) is 48.1 Å². The van der Waals surface area contributed by atoms with Gasteiger partial charge >= 0.3 is 0 Å². The van der Waals surface area contributed by atoms with E-state index in [1.165, 1.54) is 11.3 Å². The number of thiazole rings is 1. The third-order valence-electron chi connectivity index (χ3n) is 3.60. The SMILES string of the molecule is CC1CCCC(O)(CNC(=O)c2csc(CN)n2)C1. The molecule has 1 heterocycles. The number of amides is 1. The minimum absolute atomic E-state index is 0.234. The highest BCUT2D eigenvalue weighted by Gasteiger charge is 2.33. The monoisotopic (exact) mass is 283 g/mol. The molecule has 0 aliphatic heterocycles. The molecule has 106 valence electrons. The highest BCUT2D eigenvalue weighted by Crippen LogP contribution is 2.31. The molecule has 1 fully saturated rings. The Labute approximate surface area is 117 Å². The van der Waals surface area contributed by atoms with Gasteiger partial charge in [-0.3, -0.25) is 4.79 Å². The zero-order valence-corrected chi connectivity index (χ0v) is 12.0. The van der Waals surface area contributed by atoms with Gasteiger partial charge in [0.05, 0.1) is 5.60 Å². The zero-order valence-electron chi connectivity index (χ0n) is 11.2. The van der Waals surface area contributed by atoms with Crippen LogP contribution < -0.4 is 11.1 Å². The topological polar surface area (TPSA) is 88.2 Å². The van der Waals surface area contributed by atoms with Crippen LogP contribution in [0.3, 0.4) is 0 Å². The van der Waals surface area contributed by atoms with Gasteiger partial charge in [-0.2, -0.15) is 0 Å². The second kappa shape index (κ2) is 5.98. The number of hydrogen-bond acceptors (Lipinski definition) is 5. The summed E-state index contributed by atoms with van der Waals surface area (Å²) in [4.78, 5) is 16.1. The van der Waals surface area contributed by atoms with Crippen molar-refractivity contribution < 1.29 is 9.90 Å². The molecule has 2 unspecified atom stereocenters. The molecular weight excluding hydrogens is 262 g/mol. The Morgan fingerprint density at radius 3 is 3.16 bits per heavy atom. The number of nitrogens with one attached hydrogen (secondary N) is 1. The summed E-state index contributed by atoms with van der Waals surface area (Å²) < 4.78 is 0. The largest absolute Gasteiger partial charge is 0.388 e. The van der Waals surface area contributed by atoms with E-state index in [0.717, 1.165) is 30.7 Å². The van der Waals surface area contributed by atoms with E-state index < -0.39 is 5.60 Å². The molecule has 2 atom stereocenters. The molecule has 1 aliphatic rings. The quantitative estimate of drug-likeness (QED) is 0.776. The Morgan fingerprint density at radius 1 is 1.74 bits per heavy atom. The van der Waals surface area contributed by atoms with Crippen LogP contribution in [0.5, 0.6) is 0 Å². The molecule has 4 N–H and O–H groups in total. The van der Waals surface area contributed by atoms with E-state index in [9.17, 15) is 9.90 Å². The maximum absolute atomic E-state index is 11.9. The number of nitrogens with two attached hydrogens (primary N) is 1. The first-order valence-corrected chi connectivity index (χ1v) is 7.55. The van der Waals surface area contributed by atoms with E-state index in [-0.39, 0.29) is 5.91 Å². The summed E-state index contributed by atoms with van der Waals surface area (Å²) in [6.45, 7) is 2.78. The lowest BCUT2D eigenvalue weighted by Crippen LogP contribution is -2.45. The Hall–Kier alpha value is -0.980. The van der Waals surface area contributed by atoms with Gasteiger partial charge in [-0.25, -0.2) is 4.98 Å². The number of aromatic nitrogens is 1. The maximum atomic E-state index is 11.9. The van der Waals surface area contributed by atoms with Gasteiger partial charge in [0, 0.05) is 18.5 Å². The van der Waals surface area contributed by atoms with Crippen LogP contribution in [0.25, 0.3) is 0 Å². The lowest BCUT2D eigenvalue weighted by Gasteiger charge is -2.35. The Bertz CT molecular complexity index is 449. The third-order valence-corrected chi connectivity index (χ3v) is 4.48. The molecule has 5 nitrogen and oxygen atoms in total. The summed E-state index contributed by atoms with van der Waals surface area (Å²) in [6.07, 6.45) is 3.67. The van der Waals surface area contributed by atoms with Crippen LogP contribution in [0.15, 0.2) is 5.38 Å². The average molecular weight is 283 g/mol. The van der Waals surface area contributed by atoms with Crippen molar-refractivity contribution in [1.82, 2.24) is 10.3 Å². The number of hydrogen-bond donors (Lipinski definition) is 3. The molecule has 1 saturated carbocycles. The summed E-state index contributed by atoms with van der Waals surface area (Å²) in [5.74, 6) is 0.279. The van der Waals surface area contributed by atoms with Crippen molar-refractivity contribution in [3.8, 4) is 0 Å². The second-order valence-corrected chi connectivity index (χ2v) is 6.38. The molecule has 1 amide bonds. The summed E-state index contributed by atoms with van der Waals surface area (Å²) in [5.41, 5.74) is 5.09. The molecule has 2 rings (SSSR count). The first-order valence-electron chi connectivity index (χ1n) is 6.67. The van der Waals surface area contributed by atoms with Crippen LogP contribution in [-0.4, -0.2) is 28.1 Å². The van der Waals surface area contributed by atoms with Crippen LogP contribution in [0.4, 0.5) is 0 Å². The fourth-order valence-electron chi connectivity index (χ4n) is 2.64. The number of nitrogens with zero attached hydrogens (tertiary/aromatic N) is 1. The molecule has 0 saturated heterocycles. The lowest BCUT2D eigenvalue weighted by atomic mass is 9.79. The summed E-state index contributed by atoms with van der Waals surface area (Å²) in [6, 6.07) is 0. The number of aliphatic hydroxyl groups is 1. The van der Waals surface area contributed by atoms with E-state index in [1.54, 1.807) is 5.38 Å². The van der Waals surface area contributed by atoms with Crippen molar-refractivity contribution in [3.63, 3.8) is 0 Å². The number of carbonyl (C=O) groups is 1. The number of carbonyl (C=O) groups excluding carboxylic acids is 1. The summed E-state index contributed by atoms with van der Waals surface area (Å²) in [7, 11) is 0. The average Bonchev–Trinajstić information content (AvgIpc) is 2.84. The minimum Gasteiger partial charge on any atom is -0.388 e. The van der Waals surface area contributed by atoms with Gasteiger partial charge in [-0.15, -0.1) is 11.3 Å². The molecule has 19 heavy (non-hydrogen) atoms. The normalized spacial score (nSPS) is 27.2. The van der Waals surface area contributed by atoms with E-state index in [4.69, 9.17) is 5.73 Å². The lowest BCUT2D eigenvalue weighted by molar-refractivity contribution is -0.0109. The number of rotatable bonds is 4. The zero-order chi connectivity index (χ0) is 13.9. The van der Waals surface area contributed by atoms with Gasteiger partial charge in [0.25, 0.3) is 5.91 Å². The first kappa shape index (κ1) is 14.4. The van der Waals surface area contributed by atoms with E-state index in [2.05, 4.69) is 17.2 Å². The standard InChI is InChI=1S/C13H21N3O2S/c1-9-3-2-4-13(18,5-9)8-15-12(17)10-7-19-11(6-14)16-10/h7,9,18H,2-6,8,14H2,1H3,(H,15,17). The predicted molar refractivity (Wildman–Crippen MR) is 74.9 cm³/mol. The Morgan fingerprint density at radius 2 is 2.53 bits per heavy atom. The Balaban J connectivity index is 1.89. The summed E-state index contributed by atoms with van der Waals surface area (Å²) in [5, 5.41) is 15.7. The van der Waals surface area contributed by atoms with Gasteiger partial charge in [-0.1, -0.05) is 19.8 Å². The second-order valence-electron chi connectivity index (χ2n) is 5.44. The maximum Gasteiger partial charge on any atom is 0.270 e. The van der Waals surface area contributed by atoms with Crippen LogP contribution in [-0.2, 0) is 6.54 Å². The van der Waals surface area contributed by atoms with Crippen molar-refractivity contribution in [2.45, 2.75) is 44.8 Å². The first-order chi connectivity index (χ1) is 9.02. The third kappa shape index (κ3) is 3.75.